The highest BCUT2D eigenvalue weighted by Crippen LogP contribution is 2.33. The molecule has 0 aliphatic carbocycles. The Morgan fingerprint density at radius 2 is 1.69 bits per heavy atom. The van der Waals surface area contributed by atoms with E-state index >= 15 is 0 Å². The molecule has 0 bridgehead atoms. The average molecular weight is 408 g/mol. The summed E-state index contributed by atoms with van der Waals surface area (Å²) in [6, 6.07) is 11.4. The van der Waals surface area contributed by atoms with Crippen LogP contribution in [0.5, 0.6) is 0 Å². The van der Waals surface area contributed by atoms with Crippen molar-refractivity contribution in [3.05, 3.63) is 65.5 Å². The third-order valence-corrected chi connectivity index (χ3v) is 5.31. The highest BCUT2D eigenvalue weighted by Gasteiger charge is 2.34. The molecule has 1 aliphatic rings. The van der Waals surface area contributed by atoms with Crippen molar-refractivity contribution in [3.63, 3.8) is 0 Å². The number of hydrogen-bond donors (Lipinski definition) is 0. The lowest BCUT2D eigenvalue weighted by molar-refractivity contribution is -0.138. The van der Waals surface area contributed by atoms with E-state index in [1.807, 2.05) is 4.90 Å². The fourth-order valence-electron chi connectivity index (χ4n) is 3.84. The van der Waals surface area contributed by atoms with Gasteiger partial charge in [-0.3, -0.25) is 9.69 Å². The molecule has 2 aromatic rings. The molecule has 0 N–H and O–H groups in total. The smallest absolute Gasteiger partial charge is 0.309 e. The largest absolute Gasteiger partial charge is 0.416 e. The van der Waals surface area contributed by atoms with Crippen LogP contribution in [0.25, 0.3) is 0 Å². The summed E-state index contributed by atoms with van der Waals surface area (Å²) in [5, 5.41) is 0. The number of rotatable bonds is 5. The van der Waals surface area contributed by atoms with Crippen LogP contribution in [0.3, 0.4) is 0 Å². The van der Waals surface area contributed by atoms with Crippen LogP contribution >= 0.6 is 0 Å². The van der Waals surface area contributed by atoms with Gasteiger partial charge in [0.1, 0.15) is 5.82 Å². The van der Waals surface area contributed by atoms with E-state index in [1.54, 1.807) is 30.0 Å². The highest BCUT2D eigenvalue weighted by atomic mass is 19.4. The number of carbonyl (C=O) groups excluding carboxylic acids is 1. The van der Waals surface area contributed by atoms with Crippen LogP contribution in [0.1, 0.15) is 37.3 Å². The topological polar surface area (TPSA) is 23.6 Å². The fourth-order valence-corrected chi connectivity index (χ4v) is 3.84. The lowest BCUT2D eigenvalue weighted by Gasteiger charge is -2.38. The van der Waals surface area contributed by atoms with Crippen molar-refractivity contribution in [1.29, 1.82) is 0 Å². The molecule has 1 heterocycles. The quantitative estimate of drug-likeness (QED) is 0.631. The van der Waals surface area contributed by atoms with E-state index in [9.17, 15) is 22.4 Å². The third kappa shape index (κ3) is 5.15. The summed E-state index contributed by atoms with van der Waals surface area (Å²) in [5.41, 5.74) is 0.314. The summed E-state index contributed by atoms with van der Waals surface area (Å²) in [6.07, 6.45) is -2.74. The molecule has 1 fully saturated rings. The summed E-state index contributed by atoms with van der Waals surface area (Å²) in [6.45, 7) is 3.18. The minimum Gasteiger partial charge on any atom is -0.309 e. The normalized spacial score (nSPS) is 16.0. The van der Waals surface area contributed by atoms with Gasteiger partial charge in [-0.25, -0.2) is 4.39 Å². The summed E-state index contributed by atoms with van der Waals surface area (Å²) in [5.74, 6) is -0.409. The van der Waals surface area contributed by atoms with Crippen LogP contribution in [0, 0.1) is 5.82 Å². The van der Waals surface area contributed by atoms with Crippen molar-refractivity contribution in [1.82, 2.24) is 4.90 Å². The van der Waals surface area contributed by atoms with Crippen LogP contribution < -0.4 is 4.90 Å². The molecule has 0 atom stereocenters. The van der Waals surface area contributed by atoms with Crippen molar-refractivity contribution in [2.75, 3.05) is 18.0 Å². The molecule has 0 spiro atoms. The standard InChI is InChI=1S/C22H24F4N2O/c1-2-21(29)28(18-9-7-17(23)8-10-18)19-11-13-27(14-12-19)15-16-5-3-4-6-20(16)22(24,25)26/h3-10,19H,2,11-15H2,1H3. The van der Waals surface area contributed by atoms with Crippen LogP contribution in [0.4, 0.5) is 23.2 Å². The van der Waals surface area contributed by atoms with E-state index in [0.29, 0.717) is 38.0 Å². The molecular formula is C22H24F4N2O. The Morgan fingerprint density at radius 1 is 1.07 bits per heavy atom. The zero-order chi connectivity index (χ0) is 21.0. The Balaban J connectivity index is 1.69. The van der Waals surface area contributed by atoms with Gasteiger partial charge in [-0.15, -0.1) is 0 Å². The molecule has 1 aliphatic heterocycles. The molecule has 7 heteroatoms. The summed E-state index contributed by atoms with van der Waals surface area (Å²) in [4.78, 5) is 16.2. The molecule has 3 nitrogen and oxygen atoms in total. The van der Waals surface area contributed by atoms with Gasteiger partial charge in [0, 0.05) is 37.8 Å². The maximum Gasteiger partial charge on any atom is 0.416 e. The van der Waals surface area contributed by atoms with Gasteiger partial charge >= 0.3 is 6.18 Å². The van der Waals surface area contributed by atoms with Gasteiger partial charge in [0.05, 0.1) is 5.56 Å². The van der Waals surface area contributed by atoms with Crippen molar-refractivity contribution >= 4 is 11.6 Å². The maximum atomic E-state index is 13.3. The van der Waals surface area contributed by atoms with Crippen molar-refractivity contribution in [2.24, 2.45) is 0 Å². The van der Waals surface area contributed by atoms with Crippen LogP contribution in [0.2, 0.25) is 0 Å². The molecule has 0 saturated carbocycles. The first-order valence-corrected chi connectivity index (χ1v) is 9.74. The van der Waals surface area contributed by atoms with Gasteiger partial charge < -0.3 is 4.90 Å². The van der Waals surface area contributed by atoms with Crippen molar-refractivity contribution in [3.8, 4) is 0 Å². The number of anilines is 1. The minimum absolute atomic E-state index is 0.0440. The van der Waals surface area contributed by atoms with Gasteiger partial charge in [-0.1, -0.05) is 25.1 Å². The second-order valence-electron chi connectivity index (χ2n) is 7.26. The van der Waals surface area contributed by atoms with E-state index in [4.69, 9.17) is 0 Å². The molecule has 1 amide bonds. The second-order valence-corrected chi connectivity index (χ2v) is 7.26. The molecule has 29 heavy (non-hydrogen) atoms. The summed E-state index contributed by atoms with van der Waals surface area (Å²) < 4.78 is 52.9. The van der Waals surface area contributed by atoms with E-state index in [2.05, 4.69) is 0 Å². The van der Waals surface area contributed by atoms with Gasteiger partial charge in [-0.05, 0) is 48.7 Å². The van der Waals surface area contributed by atoms with Gasteiger partial charge in [0.2, 0.25) is 5.91 Å². The molecule has 0 unspecified atom stereocenters. The Bertz CT molecular complexity index is 827. The Morgan fingerprint density at radius 3 is 2.28 bits per heavy atom. The van der Waals surface area contributed by atoms with E-state index in [0.717, 1.165) is 6.07 Å². The number of amides is 1. The highest BCUT2D eigenvalue weighted by molar-refractivity contribution is 5.93. The first-order valence-electron chi connectivity index (χ1n) is 9.74. The minimum atomic E-state index is -4.37. The Labute approximate surface area is 167 Å². The number of likely N-dealkylation sites (tertiary alicyclic amines) is 1. The van der Waals surface area contributed by atoms with E-state index in [1.165, 1.54) is 24.3 Å². The fraction of sp³-hybridized carbons (Fsp3) is 0.409. The predicted octanol–water partition coefficient (Wildman–Crippen LogP) is 5.25. The Kier molecular flexibility index (Phi) is 6.57. The second kappa shape index (κ2) is 8.95. The van der Waals surface area contributed by atoms with E-state index < -0.39 is 11.7 Å². The van der Waals surface area contributed by atoms with Gasteiger partial charge in [-0.2, -0.15) is 13.2 Å². The zero-order valence-corrected chi connectivity index (χ0v) is 16.3. The molecule has 1 saturated heterocycles. The zero-order valence-electron chi connectivity index (χ0n) is 16.3. The number of alkyl halides is 3. The average Bonchev–Trinajstić information content (AvgIpc) is 2.70. The van der Waals surface area contributed by atoms with Crippen molar-refractivity contribution < 1.29 is 22.4 Å². The lowest BCUT2D eigenvalue weighted by atomic mass is 10.00. The van der Waals surface area contributed by atoms with Crippen LogP contribution in [0.15, 0.2) is 48.5 Å². The molecule has 0 aromatic heterocycles. The number of nitrogens with zero attached hydrogens (tertiary/aromatic N) is 2. The molecule has 0 radical (unpaired) electrons. The number of piperidine rings is 1. The molecule has 3 rings (SSSR count). The van der Waals surface area contributed by atoms with Gasteiger partial charge in [0.15, 0.2) is 0 Å². The van der Waals surface area contributed by atoms with Crippen LogP contribution in [-0.4, -0.2) is 29.9 Å². The predicted molar refractivity (Wildman–Crippen MR) is 104 cm³/mol. The maximum absolute atomic E-state index is 13.3. The van der Waals surface area contributed by atoms with Crippen molar-refractivity contribution in [2.45, 2.75) is 44.9 Å². The van der Waals surface area contributed by atoms with Gasteiger partial charge in [0.25, 0.3) is 0 Å². The molecule has 2 aromatic carbocycles. The SMILES string of the molecule is CCC(=O)N(c1ccc(F)cc1)C1CCN(Cc2ccccc2C(F)(F)F)CC1. The summed E-state index contributed by atoms with van der Waals surface area (Å²) in [7, 11) is 0. The first kappa shape index (κ1) is 21.3. The summed E-state index contributed by atoms with van der Waals surface area (Å²) >= 11 is 0. The number of hydrogen-bond acceptors (Lipinski definition) is 2. The first-order chi connectivity index (χ1) is 13.8. The third-order valence-electron chi connectivity index (χ3n) is 5.31. The van der Waals surface area contributed by atoms with E-state index in [-0.39, 0.29) is 29.9 Å². The molecule has 156 valence electrons. The number of carbonyl (C=O) groups is 1. The van der Waals surface area contributed by atoms with Crippen LogP contribution in [-0.2, 0) is 17.5 Å². The number of halogens is 4. The number of benzene rings is 2. The monoisotopic (exact) mass is 408 g/mol. The Hall–Kier alpha value is -2.41. The molecular weight excluding hydrogens is 384 g/mol. The lowest BCUT2D eigenvalue weighted by Crippen LogP contribution is -2.47.